The van der Waals surface area contributed by atoms with Crippen molar-refractivity contribution in [2.75, 3.05) is 13.2 Å². The first-order valence-electron chi connectivity index (χ1n) is 7.99. The Kier molecular flexibility index (Phi) is 4.92. The van der Waals surface area contributed by atoms with Gasteiger partial charge in [-0.15, -0.1) is 0 Å². The number of carbonyl (C=O) groups excluding carboxylic acids is 1. The summed E-state index contributed by atoms with van der Waals surface area (Å²) >= 11 is 0. The van der Waals surface area contributed by atoms with E-state index in [9.17, 15) is 9.90 Å². The van der Waals surface area contributed by atoms with Gasteiger partial charge in [0.25, 0.3) is 5.89 Å². The zero-order valence-electron chi connectivity index (χ0n) is 13.6. The molecule has 1 amide bonds. The number of hydrogen-bond acceptors (Lipinski definition) is 6. The SMILES string of the molecule is C[C@](O)(CNC(=O)COCc1nc(-c2ccccc2)no1)C1CC1. The van der Waals surface area contributed by atoms with Gasteiger partial charge in [0, 0.05) is 12.1 Å². The number of aromatic nitrogens is 2. The van der Waals surface area contributed by atoms with Crippen LogP contribution < -0.4 is 5.32 Å². The van der Waals surface area contributed by atoms with Gasteiger partial charge in [-0.1, -0.05) is 35.5 Å². The van der Waals surface area contributed by atoms with Gasteiger partial charge in [-0.2, -0.15) is 4.98 Å². The lowest BCUT2D eigenvalue weighted by Crippen LogP contribution is -2.43. The Balaban J connectivity index is 1.40. The van der Waals surface area contributed by atoms with Gasteiger partial charge < -0.3 is 19.7 Å². The lowest BCUT2D eigenvalue weighted by atomic mass is 10.0. The number of nitrogens with zero attached hydrogens (tertiary/aromatic N) is 2. The number of ether oxygens (including phenoxy) is 1. The first-order chi connectivity index (χ1) is 11.5. The van der Waals surface area contributed by atoms with Crippen molar-refractivity contribution in [2.45, 2.75) is 32.0 Å². The first-order valence-corrected chi connectivity index (χ1v) is 7.99. The Morgan fingerprint density at radius 1 is 1.42 bits per heavy atom. The minimum atomic E-state index is -0.841. The number of amides is 1. The number of benzene rings is 1. The maximum Gasteiger partial charge on any atom is 0.252 e. The molecule has 1 aliphatic carbocycles. The zero-order valence-corrected chi connectivity index (χ0v) is 13.6. The van der Waals surface area contributed by atoms with Crippen LogP contribution in [0.4, 0.5) is 0 Å². The van der Waals surface area contributed by atoms with Crippen molar-refractivity contribution in [1.82, 2.24) is 15.5 Å². The molecule has 3 rings (SSSR count). The molecule has 24 heavy (non-hydrogen) atoms. The third-order valence-electron chi connectivity index (χ3n) is 4.06. The molecule has 128 valence electrons. The quantitative estimate of drug-likeness (QED) is 0.761. The van der Waals surface area contributed by atoms with Crippen LogP contribution in [0.2, 0.25) is 0 Å². The van der Waals surface area contributed by atoms with E-state index in [0.717, 1.165) is 18.4 Å². The van der Waals surface area contributed by atoms with Gasteiger partial charge in [0.05, 0.1) is 5.60 Å². The van der Waals surface area contributed by atoms with Crippen LogP contribution in [-0.4, -0.2) is 39.9 Å². The van der Waals surface area contributed by atoms with Crippen LogP contribution in [0.25, 0.3) is 11.4 Å². The predicted molar refractivity (Wildman–Crippen MR) is 85.7 cm³/mol. The molecule has 7 nitrogen and oxygen atoms in total. The van der Waals surface area contributed by atoms with Crippen LogP contribution >= 0.6 is 0 Å². The summed E-state index contributed by atoms with van der Waals surface area (Å²) in [5.74, 6) is 0.804. The largest absolute Gasteiger partial charge is 0.388 e. The third kappa shape index (κ3) is 4.39. The molecule has 1 saturated carbocycles. The lowest BCUT2D eigenvalue weighted by Gasteiger charge is -2.23. The Morgan fingerprint density at radius 2 is 2.17 bits per heavy atom. The Bertz CT molecular complexity index is 680. The zero-order chi connectivity index (χ0) is 17.0. The van der Waals surface area contributed by atoms with Crippen LogP contribution in [0, 0.1) is 5.92 Å². The van der Waals surface area contributed by atoms with E-state index in [2.05, 4.69) is 15.5 Å². The smallest absolute Gasteiger partial charge is 0.252 e. The summed E-state index contributed by atoms with van der Waals surface area (Å²) in [6.45, 7) is 1.92. The molecule has 0 spiro atoms. The number of rotatable bonds is 8. The fraction of sp³-hybridized carbons (Fsp3) is 0.471. The molecule has 1 aliphatic rings. The summed E-state index contributed by atoms with van der Waals surface area (Å²) in [5, 5.41) is 16.7. The van der Waals surface area contributed by atoms with Gasteiger partial charge >= 0.3 is 0 Å². The average Bonchev–Trinajstić information content (AvgIpc) is 3.35. The summed E-state index contributed by atoms with van der Waals surface area (Å²) in [6, 6.07) is 9.46. The molecule has 0 radical (unpaired) electrons. The van der Waals surface area contributed by atoms with Crippen molar-refractivity contribution in [2.24, 2.45) is 5.92 Å². The topological polar surface area (TPSA) is 97.5 Å². The van der Waals surface area contributed by atoms with Crippen molar-refractivity contribution in [3.63, 3.8) is 0 Å². The van der Waals surface area contributed by atoms with Gasteiger partial charge in [-0.05, 0) is 25.7 Å². The Morgan fingerprint density at radius 3 is 2.88 bits per heavy atom. The van der Waals surface area contributed by atoms with Crippen molar-refractivity contribution in [1.29, 1.82) is 0 Å². The Labute approximate surface area is 140 Å². The van der Waals surface area contributed by atoms with E-state index in [1.807, 2.05) is 30.3 Å². The summed E-state index contributed by atoms with van der Waals surface area (Å²) in [6.07, 6.45) is 2.03. The highest BCUT2D eigenvalue weighted by Gasteiger charge is 2.39. The Hall–Kier alpha value is -2.25. The van der Waals surface area contributed by atoms with Gasteiger partial charge in [0.15, 0.2) is 0 Å². The van der Waals surface area contributed by atoms with Crippen LogP contribution in [0.1, 0.15) is 25.7 Å². The van der Waals surface area contributed by atoms with E-state index in [-0.39, 0.29) is 31.6 Å². The highest BCUT2D eigenvalue weighted by Crippen LogP contribution is 2.38. The third-order valence-corrected chi connectivity index (χ3v) is 4.06. The summed E-state index contributed by atoms with van der Waals surface area (Å²) in [7, 11) is 0. The van der Waals surface area contributed by atoms with Gasteiger partial charge in [-0.25, -0.2) is 0 Å². The molecule has 7 heteroatoms. The van der Waals surface area contributed by atoms with E-state index < -0.39 is 5.60 Å². The van der Waals surface area contributed by atoms with E-state index in [1.54, 1.807) is 6.92 Å². The summed E-state index contributed by atoms with van der Waals surface area (Å²) in [5.41, 5.74) is 0.0137. The molecule has 1 heterocycles. The monoisotopic (exact) mass is 331 g/mol. The fourth-order valence-electron chi connectivity index (χ4n) is 2.43. The standard InChI is InChI=1S/C17H21N3O4/c1-17(22,13-7-8-13)11-18-14(21)9-23-10-15-19-16(20-24-15)12-5-3-2-4-6-12/h2-6,13,22H,7-11H2,1H3,(H,18,21)/t17-/m0/s1. The predicted octanol–water partition coefficient (Wildman–Crippen LogP) is 1.53. The molecule has 1 aromatic heterocycles. The van der Waals surface area contributed by atoms with Crippen LogP contribution in [-0.2, 0) is 16.1 Å². The van der Waals surface area contributed by atoms with Crippen molar-refractivity contribution in [3.05, 3.63) is 36.2 Å². The molecular formula is C17H21N3O4. The number of carbonyl (C=O) groups is 1. The minimum Gasteiger partial charge on any atom is -0.388 e. The van der Waals surface area contributed by atoms with Crippen LogP contribution in [0.5, 0.6) is 0 Å². The molecule has 1 atom stereocenters. The van der Waals surface area contributed by atoms with E-state index >= 15 is 0 Å². The molecule has 0 aliphatic heterocycles. The number of hydrogen-bond donors (Lipinski definition) is 2. The molecule has 2 N–H and O–H groups in total. The lowest BCUT2D eigenvalue weighted by molar-refractivity contribution is -0.127. The van der Waals surface area contributed by atoms with Gasteiger partial charge in [0.2, 0.25) is 11.7 Å². The maximum absolute atomic E-state index is 11.7. The molecule has 0 bridgehead atoms. The van der Waals surface area contributed by atoms with Crippen LogP contribution in [0.15, 0.2) is 34.9 Å². The van der Waals surface area contributed by atoms with E-state index in [0.29, 0.717) is 11.7 Å². The van der Waals surface area contributed by atoms with Crippen molar-refractivity contribution >= 4 is 5.91 Å². The second-order valence-corrected chi connectivity index (χ2v) is 6.28. The second-order valence-electron chi connectivity index (χ2n) is 6.28. The van der Waals surface area contributed by atoms with Crippen molar-refractivity contribution < 1.29 is 19.2 Å². The maximum atomic E-state index is 11.7. The molecule has 1 fully saturated rings. The molecule has 1 aromatic carbocycles. The first kappa shape index (κ1) is 16.6. The fourth-order valence-corrected chi connectivity index (χ4v) is 2.43. The van der Waals surface area contributed by atoms with Gasteiger partial charge in [0.1, 0.15) is 13.2 Å². The van der Waals surface area contributed by atoms with E-state index in [4.69, 9.17) is 9.26 Å². The van der Waals surface area contributed by atoms with E-state index in [1.165, 1.54) is 0 Å². The average molecular weight is 331 g/mol. The highest BCUT2D eigenvalue weighted by molar-refractivity contribution is 5.77. The highest BCUT2D eigenvalue weighted by atomic mass is 16.5. The molecular weight excluding hydrogens is 310 g/mol. The normalized spacial score (nSPS) is 16.6. The van der Waals surface area contributed by atoms with Crippen LogP contribution in [0.3, 0.4) is 0 Å². The summed E-state index contributed by atoms with van der Waals surface area (Å²) in [4.78, 5) is 16.0. The molecule has 2 aromatic rings. The van der Waals surface area contributed by atoms with Gasteiger partial charge in [-0.3, -0.25) is 4.79 Å². The molecule has 0 saturated heterocycles. The molecule has 0 unspecified atom stereocenters. The summed E-state index contributed by atoms with van der Waals surface area (Å²) < 4.78 is 10.4. The minimum absolute atomic E-state index is 0.0618. The number of aliphatic hydroxyl groups is 1. The second kappa shape index (κ2) is 7.11. The van der Waals surface area contributed by atoms with Crippen molar-refractivity contribution in [3.8, 4) is 11.4 Å². The number of nitrogens with one attached hydrogen (secondary N) is 1.